The van der Waals surface area contributed by atoms with E-state index >= 15 is 0 Å². The Morgan fingerprint density at radius 2 is 1.84 bits per heavy atom. The topological polar surface area (TPSA) is 75.2 Å². The van der Waals surface area contributed by atoms with Gasteiger partial charge < -0.3 is 25.0 Å². The number of benzene rings is 1. The zero-order valence-electron chi connectivity index (χ0n) is 15.4. The largest absolute Gasteiger partial charge is 0.491 e. The maximum absolute atomic E-state index is 11.6. The number of carbonyl (C=O) groups is 1. The number of carbonyl (C=O) groups excluding carboxylic acids is 1. The number of hydrogen-bond donors (Lipinski definition) is 2. The summed E-state index contributed by atoms with van der Waals surface area (Å²) in [4.78, 5) is 17.7. The lowest BCUT2D eigenvalue weighted by Crippen LogP contribution is -2.42. The van der Waals surface area contributed by atoms with Crippen LogP contribution in [0.4, 0.5) is 0 Å². The smallest absolute Gasteiger partial charge is 0.241 e. The third-order valence-electron chi connectivity index (χ3n) is 3.15. The fourth-order valence-corrected chi connectivity index (χ4v) is 1.76. The highest BCUT2D eigenvalue weighted by Crippen LogP contribution is 2.12. The number of guanidine groups is 1. The van der Waals surface area contributed by atoms with Gasteiger partial charge in [-0.05, 0) is 24.6 Å². The molecule has 1 aromatic rings. The number of likely N-dealkylation sites (N-methyl/N-ethyl adjacent to an activating group) is 1. The molecular weight excluding hydrogens is 435 g/mol. The van der Waals surface area contributed by atoms with E-state index in [0.29, 0.717) is 25.7 Å². The van der Waals surface area contributed by atoms with Crippen LogP contribution in [0.2, 0.25) is 0 Å². The molecule has 0 aromatic heterocycles. The second-order valence-electron chi connectivity index (χ2n) is 5.32. The molecule has 1 rings (SSSR count). The number of amides is 1. The summed E-state index contributed by atoms with van der Waals surface area (Å²) in [7, 11) is 5.10. The highest BCUT2D eigenvalue weighted by molar-refractivity contribution is 14.0. The molecular formula is C17H29IN4O3. The molecule has 0 heterocycles. The van der Waals surface area contributed by atoms with Gasteiger partial charge in [-0.3, -0.25) is 4.79 Å². The predicted molar refractivity (Wildman–Crippen MR) is 111 cm³/mol. The molecule has 0 aliphatic rings. The highest BCUT2D eigenvalue weighted by Gasteiger charge is 2.05. The number of halogens is 1. The summed E-state index contributed by atoms with van der Waals surface area (Å²) < 4.78 is 10.5. The summed E-state index contributed by atoms with van der Waals surface area (Å²) >= 11 is 0. The Hall–Kier alpha value is -1.55. The number of aliphatic imine (C=N–C) groups is 1. The third-order valence-corrected chi connectivity index (χ3v) is 3.15. The molecule has 2 N–H and O–H groups in total. The quantitative estimate of drug-likeness (QED) is 0.251. The van der Waals surface area contributed by atoms with Crippen LogP contribution in [0, 0.1) is 0 Å². The van der Waals surface area contributed by atoms with Gasteiger partial charge in [0.05, 0.1) is 19.7 Å². The summed E-state index contributed by atoms with van der Waals surface area (Å²) in [6, 6.07) is 7.77. The normalized spacial score (nSPS) is 10.6. The van der Waals surface area contributed by atoms with Crippen LogP contribution in [0.15, 0.2) is 29.3 Å². The van der Waals surface area contributed by atoms with E-state index in [4.69, 9.17) is 9.47 Å². The average molecular weight is 464 g/mol. The lowest BCUT2D eigenvalue weighted by Gasteiger charge is -2.14. The zero-order chi connectivity index (χ0) is 17.8. The van der Waals surface area contributed by atoms with Gasteiger partial charge in [0.15, 0.2) is 5.96 Å². The van der Waals surface area contributed by atoms with Crippen molar-refractivity contribution in [2.75, 3.05) is 47.5 Å². The van der Waals surface area contributed by atoms with Crippen molar-refractivity contribution in [3.8, 4) is 5.75 Å². The Morgan fingerprint density at radius 3 is 2.40 bits per heavy atom. The first-order chi connectivity index (χ1) is 11.6. The maximum atomic E-state index is 11.6. The van der Waals surface area contributed by atoms with Gasteiger partial charge in [-0.25, -0.2) is 4.99 Å². The van der Waals surface area contributed by atoms with Crippen LogP contribution in [0.25, 0.3) is 0 Å². The summed E-state index contributed by atoms with van der Waals surface area (Å²) in [6.07, 6.45) is 0. The van der Waals surface area contributed by atoms with Crippen LogP contribution in [0.5, 0.6) is 5.75 Å². The molecule has 0 spiro atoms. The van der Waals surface area contributed by atoms with Crippen molar-refractivity contribution in [3.05, 3.63) is 29.8 Å². The number of nitrogens with zero attached hydrogens (tertiary/aromatic N) is 2. The summed E-state index contributed by atoms with van der Waals surface area (Å²) in [6.45, 7) is 4.54. The maximum Gasteiger partial charge on any atom is 0.241 e. The molecule has 0 radical (unpaired) electrons. The van der Waals surface area contributed by atoms with E-state index in [1.165, 1.54) is 0 Å². The molecule has 25 heavy (non-hydrogen) atoms. The van der Waals surface area contributed by atoms with Crippen molar-refractivity contribution >= 4 is 35.8 Å². The number of methoxy groups -OCH3 is 1. The number of rotatable bonds is 9. The van der Waals surface area contributed by atoms with Crippen molar-refractivity contribution < 1.29 is 14.3 Å². The standard InChI is InChI=1S/C17H28N4O3.HI/c1-5-18-17(20-13-16(22)21(2)3)19-12-14-6-8-15(9-7-14)24-11-10-23-4;/h6-9H,5,10-13H2,1-4H3,(H2,18,19,20);1H. The molecule has 0 unspecified atom stereocenters. The van der Waals surface area contributed by atoms with E-state index in [-0.39, 0.29) is 36.4 Å². The highest BCUT2D eigenvalue weighted by atomic mass is 127. The molecule has 0 bridgehead atoms. The minimum absolute atomic E-state index is 0. The minimum Gasteiger partial charge on any atom is -0.491 e. The zero-order valence-corrected chi connectivity index (χ0v) is 17.7. The van der Waals surface area contributed by atoms with E-state index in [2.05, 4.69) is 15.6 Å². The van der Waals surface area contributed by atoms with Crippen molar-refractivity contribution in [1.82, 2.24) is 15.5 Å². The Bertz CT molecular complexity index is 521. The van der Waals surface area contributed by atoms with Crippen molar-refractivity contribution in [3.63, 3.8) is 0 Å². The van der Waals surface area contributed by atoms with Gasteiger partial charge in [0.25, 0.3) is 0 Å². The van der Waals surface area contributed by atoms with Gasteiger partial charge in [0.1, 0.15) is 12.4 Å². The lowest BCUT2D eigenvalue weighted by atomic mass is 10.2. The number of hydrogen-bond acceptors (Lipinski definition) is 4. The molecule has 1 aromatic carbocycles. The summed E-state index contributed by atoms with van der Waals surface area (Å²) in [5, 5.41) is 6.15. The Morgan fingerprint density at radius 1 is 1.16 bits per heavy atom. The first-order valence-corrected chi connectivity index (χ1v) is 7.99. The van der Waals surface area contributed by atoms with Crippen LogP contribution in [0.1, 0.15) is 12.5 Å². The van der Waals surface area contributed by atoms with E-state index in [1.54, 1.807) is 26.1 Å². The van der Waals surface area contributed by atoms with Gasteiger partial charge in [0.2, 0.25) is 5.91 Å². The lowest BCUT2D eigenvalue weighted by molar-refractivity contribution is -0.127. The van der Waals surface area contributed by atoms with E-state index < -0.39 is 0 Å². The molecule has 0 aliphatic heterocycles. The van der Waals surface area contributed by atoms with Crippen molar-refractivity contribution in [1.29, 1.82) is 0 Å². The Kier molecular flexibility index (Phi) is 12.9. The SMILES string of the molecule is CCNC(=NCc1ccc(OCCOC)cc1)NCC(=O)N(C)C.I. The predicted octanol–water partition coefficient (Wildman–Crippen LogP) is 1.47. The molecule has 7 nitrogen and oxygen atoms in total. The molecule has 0 fully saturated rings. The van der Waals surface area contributed by atoms with Crippen LogP contribution in [0.3, 0.4) is 0 Å². The third kappa shape index (κ3) is 10.1. The van der Waals surface area contributed by atoms with Gasteiger partial charge in [-0.2, -0.15) is 0 Å². The molecule has 0 saturated heterocycles. The van der Waals surface area contributed by atoms with Gasteiger partial charge in [-0.1, -0.05) is 12.1 Å². The Labute approximate surface area is 167 Å². The minimum atomic E-state index is -0.00170. The first-order valence-electron chi connectivity index (χ1n) is 7.99. The van der Waals surface area contributed by atoms with Crippen LogP contribution >= 0.6 is 24.0 Å². The second kappa shape index (κ2) is 13.7. The van der Waals surface area contributed by atoms with E-state index in [1.807, 2.05) is 31.2 Å². The Balaban J connectivity index is 0.00000576. The van der Waals surface area contributed by atoms with E-state index in [9.17, 15) is 4.79 Å². The van der Waals surface area contributed by atoms with Crippen LogP contribution < -0.4 is 15.4 Å². The van der Waals surface area contributed by atoms with E-state index in [0.717, 1.165) is 17.9 Å². The first kappa shape index (κ1) is 23.4. The van der Waals surface area contributed by atoms with Crippen LogP contribution in [-0.2, 0) is 16.1 Å². The van der Waals surface area contributed by atoms with Gasteiger partial charge in [-0.15, -0.1) is 24.0 Å². The number of ether oxygens (including phenoxy) is 2. The van der Waals surface area contributed by atoms with Gasteiger partial charge >= 0.3 is 0 Å². The molecule has 8 heteroatoms. The number of nitrogens with one attached hydrogen (secondary N) is 2. The van der Waals surface area contributed by atoms with Gasteiger partial charge in [0, 0.05) is 27.7 Å². The second-order valence-corrected chi connectivity index (χ2v) is 5.32. The molecule has 142 valence electrons. The average Bonchev–Trinajstić information content (AvgIpc) is 2.58. The molecule has 0 atom stereocenters. The van der Waals surface area contributed by atoms with Crippen LogP contribution in [-0.4, -0.2) is 64.3 Å². The summed E-state index contributed by atoms with van der Waals surface area (Å²) in [5.41, 5.74) is 1.06. The molecule has 1 amide bonds. The fraction of sp³-hybridized carbons (Fsp3) is 0.529. The van der Waals surface area contributed by atoms with Crippen molar-refractivity contribution in [2.45, 2.75) is 13.5 Å². The summed E-state index contributed by atoms with van der Waals surface area (Å²) in [5.74, 6) is 1.42. The monoisotopic (exact) mass is 464 g/mol. The fourth-order valence-electron chi connectivity index (χ4n) is 1.76. The molecule has 0 aliphatic carbocycles. The molecule has 0 saturated carbocycles. The van der Waals surface area contributed by atoms with Crippen molar-refractivity contribution in [2.24, 2.45) is 4.99 Å².